The first-order chi connectivity index (χ1) is 14.0. The Morgan fingerprint density at radius 3 is 2.60 bits per heavy atom. The summed E-state index contributed by atoms with van der Waals surface area (Å²) in [4.78, 5) is 32.0. The minimum absolute atomic E-state index is 0.0625. The van der Waals surface area contributed by atoms with E-state index in [1.807, 2.05) is 0 Å². The summed E-state index contributed by atoms with van der Waals surface area (Å²) >= 11 is 0. The maximum Gasteiger partial charge on any atom is 0.308 e. The van der Waals surface area contributed by atoms with Crippen molar-refractivity contribution < 1.29 is 28.2 Å². The third-order valence-electron chi connectivity index (χ3n) is 4.39. The number of hydrogen-bond donors (Lipinski definition) is 1. The first-order valence-corrected chi connectivity index (χ1v) is 9.27. The first-order valence-electron chi connectivity index (χ1n) is 9.27. The molecule has 1 saturated heterocycles. The molecule has 12 heteroatoms. The lowest BCUT2D eigenvalue weighted by Gasteiger charge is -2.31. The van der Waals surface area contributed by atoms with Crippen LogP contribution in [-0.4, -0.2) is 53.5 Å². The van der Waals surface area contributed by atoms with Crippen molar-refractivity contribution in [2.24, 2.45) is 27.7 Å². The van der Waals surface area contributed by atoms with Gasteiger partial charge in [-0.25, -0.2) is 9.38 Å². The molecule has 0 radical (unpaired) electrons. The van der Waals surface area contributed by atoms with Crippen molar-refractivity contribution in [2.75, 3.05) is 6.61 Å². The lowest BCUT2D eigenvalue weighted by atomic mass is 10.1. The highest BCUT2D eigenvalue weighted by Crippen LogP contribution is 2.40. The molecule has 0 bridgehead atoms. The normalized spacial score (nSPS) is 28.4. The van der Waals surface area contributed by atoms with Crippen LogP contribution in [-0.2, 0) is 23.8 Å². The fraction of sp³-hybridized carbons (Fsp3) is 0.611. The first kappa shape index (κ1) is 23.2. The largest absolute Gasteiger partial charge is 0.462 e. The van der Waals surface area contributed by atoms with E-state index in [2.05, 4.69) is 21.6 Å². The molecule has 2 heterocycles. The van der Waals surface area contributed by atoms with Gasteiger partial charge in [-0.15, -0.1) is 0 Å². The van der Waals surface area contributed by atoms with Crippen molar-refractivity contribution >= 4 is 17.8 Å². The van der Waals surface area contributed by atoms with Gasteiger partial charge in [0, 0.05) is 11.1 Å². The second-order valence-electron chi connectivity index (χ2n) is 7.44. The number of azide groups is 1. The molecular weight excluding hydrogens is 399 g/mol. The van der Waals surface area contributed by atoms with Crippen LogP contribution in [0.1, 0.15) is 27.7 Å². The van der Waals surface area contributed by atoms with Crippen LogP contribution in [0.25, 0.3) is 10.4 Å². The summed E-state index contributed by atoms with van der Waals surface area (Å²) in [5.74, 6) is -2.24. The molecule has 0 saturated carbocycles. The molecule has 1 fully saturated rings. The third-order valence-corrected chi connectivity index (χ3v) is 4.39. The summed E-state index contributed by atoms with van der Waals surface area (Å²) < 4.78 is 31.7. The van der Waals surface area contributed by atoms with Gasteiger partial charge in [-0.1, -0.05) is 39.4 Å². The maximum atomic E-state index is 15.5. The van der Waals surface area contributed by atoms with E-state index in [1.165, 1.54) is 17.2 Å². The van der Waals surface area contributed by atoms with Crippen molar-refractivity contribution in [2.45, 2.75) is 51.9 Å². The number of nitrogens with two attached hydrogens (primary N) is 1. The minimum atomic E-state index is -2.13. The molecular formula is C18H25FN6O5. The van der Waals surface area contributed by atoms with Gasteiger partial charge in [-0.2, -0.15) is 0 Å². The molecule has 2 aliphatic rings. The number of alkyl halides is 1. The number of hydrogen-bond acceptors (Lipinski definition) is 9. The Kier molecular flexibility index (Phi) is 7.06. The van der Waals surface area contributed by atoms with Gasteiger partial charge in [0.15, 0.2) is 18.5 Å². The number of esters is 2. The fourth-order valence-electron chi connectivity index (χ4n) is 2.73. The summed E-state index contributed by atoms with van der Waals surface area (Å²) in [7, 11) is 0. The summed E-state index contributed by atoms with van der Waals surface area (Å²) in [5, 5.41) is 3.54. The van der Waals surface area contributed by atoms with Crippen LogP contribution in [0.4, 0.5) is 4.39 Å². The van der Waals surface area contributed by atoms with Crippen molar-refractivity contribution in [1.29, 1.82) is 0 Å². The predicted molar refractivity (Wildman–Crippen MR) is 104 cm³/mol. The zero-order valence-electron chi connectivity index (χ0n) is 17.2. The predicted octanol–water partition coefficient (Wildman–Crippen LogP) is 2.11. The van der Waals surface area contributed by atoms with E-state index >= 15 is 4.39 Å². The van der Waals surface area contributed by atoms with E-state index in [0.29, 0.717) is 0 Å². The smallest absolute Gasteiger partial charge is 0.308 e. The van der Waals surface area contributed by atoms with Crippen LogP contribution in [0.15, 0.2) is 34.8 Å². The Morgan fingerprint density at radius 2 is 2.07 bits per heavy atom. The maximum absolute atomic E-state index is 15.5. The SMILES string of the molecule is C=C1N=C(N)C=CN1[C@@H]1O[C@@](COC(=O)C(C)C)(N=[N+]=[N-])[C@@H](OC(=O)C(C)C)[C@H]1F. The molecule has 0 aromatic carbocycles. The number of carbonyl (C=O) groups is 2. The molecule has 2 aliphatic heterocycles. The van der Waals surface area contributed by atoms with E-state index in [1.54, 1.807) is 27.7 Å². The Balaban J connectivity index is 2.42. The van der Waals surface area contributed by atoms with Crippen molar-refractivity contribution in [3.8, 4) is 0 Å². The van der Waals surface area contributed by atoms with Gasteiger partial charge >= 0.3 is 11.9 Å². The highest BCUT2D eigenvalue weighted by molar-refractivity contribution is 5.92. The van der Waals surface area contributed by atoms with Gasteiger partial charge in [-0.05, 0) is 11.6 Å². The van der Waals surface area contributed by atoms with Crippen LogP contribution in [0.5, 0.6) is 0 Å². The Hall–Kier alpha value is -3.11. The zero-order valence-corrected chi connectivity index (χ0v) is 17.2. The van der Waals surface area contributed by atoms with Crippen LogP contribution in [0.3, 0.4) is 0 Å². The van der Waals surface area contributed by atoms with Gasteiger partial charge in [0.05, 0.1) is 11.8 Å². The number of aliphatic imine (C=N–C) groups is 1. The van der Waals surface area contributed by atoms with E-state index < -0.39 is 54.6 Å². The average molecular weight is 424 g/mol. The lowest BCUT2D eigenvalue weighted by molar-refractivity contribution is -0.181. The third kappa shape index (κ3) is 4.71. The fourth-order valence-corrected chi connectivity index (χ4v) is 2.73. The van der Waals surface area contributed by atoms with E-state index in [0.717, 1.165) is 0 Å². The van der Waals surface area contributed by atoms with Gasteiger partial charge in [0.1, 0.15) is 18.3 Å². The van der Waals surface area contributed by atoms with Gasteiger partial charge < -0.3 is 24.8 Å². The number of halogens is 1. The van der Waals surface area contributed by atoms with Gasteiger partial charge in [0.2, 0.25) is 5.72 Å². The Labute approximate surface area is 173 Å². The number of nitrogens with zero attached hydrogens (tertiary/aromatic N) is 5. The van der Waals surface area contributed by atoms with Crippen molar-refractivity contribution in [3.63, 3.8) is 0 Å². The van der Waals surface area contributed by atoms with E-state index in [4.69, 9.17) is 25.5 Å². The van der Waals surface area contributed by atoms with E-state index in [9.17, 15) is 9.59 Å². The topological polar surface area (TPSA) is 152 Å². The molecule has 0 spiro atoms. The number of amidine groups is 1. The Bertz CT molecular complexity index is 822. The van der Waals surface area contributed by atoms with Gasteiger partial charge in [-0.3, -0.25) is 9.59 Å². The van der Waals surface area contributed by atoms with Crippen molar-refractivity contribution in [3.05, 3.63) is 35.1 Å². The molecule has 2 N–H and O–H groups in total. The molecule has 0 aromatic heterocycles. The molecule has 0 unspecified atom stereocenters. The van der Waals surface area contributed by atoms with E-state index in [-0.39, 0.29) is 11.7 Å². The molecule has 0 aromatic rings. The molecule has 30 heavy (non-hydrogen) atoms. The minimum Gasteiger partial charge on any atom is -0.462 e. The van der Waals surface area contributed by atoms with Crippen LogP contribution < -0.4 is 5.73 Å². The molecule has 4 atom stereocenters. The van der Waals surface area contributed by atoms with Crippen LogP contribution in [0, 0.1) is 11.8 Å². The molecule has 2 rings (SSSR count). The summed E-state index contributed by atoms with van der Waals surface area (Å²) in [6, 6.07) is 0. The number of rotatable bonds is 7. The van der Waals surface area contributed by atoms with Gasteiger partial charge in [0.25, 0.3) is 0 Å². The quantitative estimate of drug-likeness (QED) is 0.284. The second-order valence-corrected chi connectivity index (χ2v) is 7.44. The monoisotopic (exact) mass is 424 g/mol. The lowest BCUT2D eigenvalue weighted by Crippen LogP contribution is -2.48. The molecule has 11 nitrogen and oxygen atoms in total. The number of carbonyl (C=O) groups excluding carboxylic acids is 2. The molecule has 0 amide bonds. The average Bonchev–Trinajstić information content (AvgIpc) is 2.92. The summed E-state index contributed by atoms with van der Waals surface area (Å²) in [5.41, 5.74) is 12.6. The summed E-state index contributed by atoms with van der Waals surface area (Å²) in [6.07, 6.45) is -2.33. The van der Waals surface area contributed by atoms with Crippen LogP contribution in [0.2, 0.25) is 0 Å². The highest BCUT2D eigenvalue weighted by Gasteiger charge is 2.61. The standard InChI is InChI=1S/C18H25FN6O5/c1-9(2)16(26)28-8-18(23-24-21)14(29-17(27)10(3)4)13(19)15(30-18)25-7-6-12(20)22-11(25)5/h6-7,9-10,13-15H,5,8H2,1-4H3,(H2,20,22)/t13-,14+,15-,18-/m1/s1. The van der Waals surface area contributed by atoms with Crippen LogP contribution >= 0.6 is 0 Å². The summed E-state index contributed by atoms with van der Waals surface area (Å²) in [6.45, 7) is 9.35. The zero-order chi connectivity index (χ0) is 22.6. The Morgan fingerprint density at radius 1 is 1.43 bits per heavy atom. The van der Waals surface area contributed by atoms with Crippen molar-refractivity contribution in [1.82, 2.24) is 4.90 Å². The highest BCUT2D eigenvalue weighted by atomic mass is 19.1. The molecule has 164 valence electrons. The number of ether oxygens (including phenoxy) is 3. The second kappa shape index (κ2) is 9.14. The molecule has 0 aliphatic carbocycles.